The highest BCUT2D eigenvalue weighted by Crippen LogP contribution is 2.34. The smallest absolute Gasteiger partial charge is 0.310 e. The molecule has 2 N–H and O–H groups in total. The van der Waals surface area contributed by atoms with E-state index in [1.54, 1.807) is 4.57 Å². The molecule has 0 amide bonds. The minimum Gasteiger partial charge on any atom is -0.310 e. The van der Waals surface area contributed by atoms with Gasteiger partial charge in [0.2, 0.25) is 0 Å². The SMILES string of the molecule is CCn1c(=O)[nH]c2cc(C3CCC(NCc4ccccc4)CC3)ccc21. The molecule has 1 heterocycles. The molecular formula is C22H27N3O. The molecule has 0 saturated heterocycles. The van der Waals surface area contributed by atoms with Crippen molar-refractivity contribution >= 4 is 11.0 Å². The summed E-state index contributed by atoms with van der Waals surface area (Å²) in [5.41, 5.74) is 4.69. The van der Waals surface area contributed by atoms with Gasteiger partial charge in [-0.2, -0.15) is 0 Å². The third-order valence-corrected chi connectivity index (χ3v) is 5.75. The van der Waals surface area contributed by atoms with Crippen molar-refractivity contribution in [2.75, 3.05) is 0 Å². The molecule has 136 valence electrons. The van der Waals surface area contributed by atoms with Gasteiger partial charge in [0.25, 0.3) is 0 Å². The van der Waals surface area contributed by atoms with Crippen molar-refractivity contribution in [1.29, 1.82) is 0 Å². The second-order valence-corrected chi connectivity index (χ2v) is 7.37. The monoisotopic (exact) mass is 349 g/mol. The molecule has 0 bridgehead atoms. The lowest BCUT2D eigenvalue weighted by Crippen LogP contribution is -2.32. The topological polar surface area (TPSA) is 49.8 Å². The first-order valence-electron chi connectivity index (χ1n) is 9.74. The number of imidazole rings is 1. The van der Waals surface area contributed by atoms with Crippen LogP contribution < -0.4 is 11.0 Å². The van der Waals surface area contributed by atoms with Crippen LogP contribution in [0.3, 0.4) is 0 Å². The maximum atomic E-state index is 12.0. The van der Waals surface area contributed by atoms with E-state index in [1.807, 2.05) is 6.92 Å². The van der Waals surface area contributed by atoms with Crippen molar-refractivity contribution in [1.82, 2.24) is 14.9 Å². The first kappa shape index (κ1) is 17.1. The highest BCUT2D eigenvalue weighted by atomic mass is 16.1. The van der Waals surface area contributed by atoms with Crippen LogP contribution in [0, 0.1) is 0 Å². The zero-order valence-corrected chi connectivity index (χ0v) is 15.4. The number of rotatable bonds is 5. The molecule has 0 aliphatic heterocycles. The molecule has 1 saturated carbocycles. The van der Waals surface area contributed by atoms with E-state index in [0.717, 1.165) is 17.6 Å². The third-order valence-electron chi connectivity index (χ3n) is 5.75. The van der Waals surface area contributed by atoms with Crippen LogP contribution in [0.2, 0.25) is 0 Å². The second kappa shape index (κ2) is 7.50. The summed E-state index contributed by atoms with van der Waals surface area (Å²) in [6.45, 7) is 3.66. The summed E-state index contributed by atoms with van der Waals surface area (Å²) in [6, 6.07) is 17.7. The zero-order chi connectivity index (χ0) is 17.9. The van der Waals surface area contributed by atoms with E-state index < -0.39 is 0 Å². The van der Waals surface area contributed by atoms with Crippen molar-refractivity contribution in [2.45, 2.75) is 57.7 Å². The molecule has 0 unspecified atom stereocenters. The minimum atomic E-state index is -0.00605. The average Bonchev–Trinajstić information content (AvgIpc) is 3.01. The maximum absolute atomic E-state index is 12.0. The standard InChI is InChI=1S/C22H27N3O/c1-2-25-21-13-10-18(14-20(21)24-22(25)26)17-8-11-19(12-9-17)23-15-16-6-4-3-5-7-16/h3-7,10,13-14,17,19,23H,2,8-9,11-12,15H2,1H3,(H,24,26). The van der Waals surface area contributed by atoms with Gasteiger partial charge in [0, 0.05) is 19.1 Å². The molecule has 0 radical (unpaired) electrons. The number of H-pyrrole nitrogens is 1. The van der Waals surface area contributed by atoms with Crippen LogP contribution in [0.5, 0.6) is 0 Å². The summed E-state index contributed by atoms with van der Waals surface area (Å²) in [7, 11) is 0. The van der Waals surface area contributed by atoms with Crippen LogP contribution in [0.4, 0.5) is 0 Å². The van der Waals surface area contributed by atoms with Gasteiger partial charge in [-0.1, -0.05) is 36.4 Å². The Morgan fingerprint density at radius 1 is 1.08 bits per heavy atom. The van der Waals surface area contributed by atoms with Gasteiger partial charge >= 0.3 is 5.69 Å². The number of hydrogen-bond donors (Lipinski definition) is 2. The molecular weight excluding hydrogens is 322 g/mol. The predicted octanol–water partition coefficient (Wildman–Crippen LogP) is 4.17. The van der Waals surface area contributed by atoms with Gasteiger partial charge in [-0.05, 0) is 61.8 Å². The number of aromatic nitrogens is 2. The fourth-order valence-electron chi connectivity index (χ4n) is 4.24. The molecule has 3 aromatic rings. The Morgan fingerprint density at radius 3 is 2.58 bits per heavy atom. The van der Waals surface area contributed by atoms with Crippen molar-refractivity contribution in [3.05, 3.63) is 70.1 Å². The largest absolute Gasteiger partial charge is 0.326 e. The van der Waals surface area contributed by atoms with E-state index >= 15 is 0 Å². The fraction of sp³-hybridized carbons (Fsp3) is 0.409. The second-order valence-electron chi connectivity index (χ2n) is 7.37. The normalized spacial score (nSPS) is 20.5. The first-order chi connectivity index (χ1) is 12.7. The Kier molecular flexibility index (Phi) is 4.93. The van der Waals surface area contributed by atoms with Gasteiger partial charge < -0.3 is 10.3 Å². The average molecular weight is 349 g/mol. The summed E-state index contributed by atoms with van der Waals surface area (Å²) >= 11 is 0. The lowest BCUT2D eigenvalue weighted by Gasteiger charge is -2.29. The molecule has 1 fully saturated rings. The molecule has 4 nitrogen and oxygen atoms in total. The molecule has 1 aromatic heterocycles. The Balaban J connectivity index is 1.38. The van der Waals surface area contributed by atoms with Crippen LogP contribution in [0.25, 0.3) is 11.0 Å². The van der Waals surface area contributed by atoms with Crippen LogP contribution in [0.15, 0.2) is 53.3 Å². The zero-order valence-electron chi connectivity index (χ0n) is 15.4. The summed E-state index contributed by atoms with van der Waals surface area (Å²) in [6.07, 6.45) is 4.83. The highest BCUT2D eigenvalue weighted by Gasteiger charge is 2.22. The van der Waals surface area contributed by atoms with Crippen molar-refractivity contribution < 1.29 is 0 Å². The molecule has 4 rings (SSSR count). The maximum Gasteiger partial charge on any atom is 0.326 e. The minimum absolute atomic E-state index is 0.00605. The first-order valence-corrected chi connectivity index (χ1v) is 9.74. The van der Waals surface area contributed by atoms with E-state index in [-0.39, 0.29) is 5.69 Å². The van der Waals surface area contributed by atoms with E-state index in [1.165, 1.54) is 36.8 Å². The molecule has 4 heteroatoms. The van der Waals surface area contributed by atoms with Gasteiger partial charge in [0.05, 0.1) is 11.0 Å². The van der Waals surface area contributed by atoms with Crippen molar-refractivity contribution in [3.8, 4) is 0 Å². The van der Waals surface area contributed by atoms with E-state index in [4.69, 9.17) is 0 Å². The van der Waals surface area contributed by atoms with Gasteiger partial charge in [-0.3, -0.25) is 4.57 Å². The quantitative estimate of drug-likeness (QED) is 0.726. The Bertz CT molecular complexity index is 917. The summed E-state index contributed by atoms with van der Waals surface area (Å²) in [5.74, 6) is 0.600. The molecule has 26 heavy (non-hydrogen) atoms. The Hall–Kier alpha value is -2.33. The van der Waals surface area contributed by atoms with Gasteiger partial charge in [-0.25, -0.2) is 4.79 Å². The number of hydrogen-bond acceptors (Lipinski definition) is 2. The number of benzene rings is 2. The Labute approximate surface area is 154 Å². The predicted molar refractivity (Wildman–Crippen MR) is 107 cm³/mol. The third kappa shape index (κ3) is 3.47. The lowest BCUT2D eigenvalue weighted by atomic mass is 9.81. The number of aryl methyl sites for hydroxylation is 1. The van der Waals surface area contributed by atoms with E-state index in [0.29, 0.717) is 18.5 Å². The van der Waals surface area contributed by atoms with E-state index in [9.17, 15) is 4.79 Å². The molecule has 1 aliphatic rings. The summed E-state index contributed by atoms with van der Waals surface area (Å²) < 4.78 is 1.80. The number of nitrogens with zero attached hydrogens (tertiary/aromatic N) is 1. The van der Waals surface area contributed by atoms with Crippen LogP contribution in [0.1, 0.15) is 49.7 Å². The van der Waals surface area contributed by atoms with E-state index in [2.05, 4.69) is 58.8 Å². The van der Waals surface area contributed by atoms with Gasteiger partial charge in [0.15, 0.2) is 0 Å². The highest BCUT2D eigenvalue weighted by molar-refractivity contribution is 5.76. The number of nitrogens with one attached hydrogen (secondary N) is 2. The van der Waals surface area contributed by atoms with Crippen LogP contribution in [-0.2, 0) is 13.1 Å². The fourth-order valence-corrected chi connectivity index (χ4v) is 4.24. The number of aromatic amines is 1. The van der Waals surface area contributed by atoms with Crippen molar-refractivity contribution in [3.63, 3.8) is 0 Å². The van der Waals surface area contributed by atoms with Crippen LogP contribution >= 0.6 is 0 Å². The van der Waals surface area contributed by atoms with Crippen LogP contribution in [-0.4, -0.2) is 15.6 Å². The van der Waals surface area contributed by atoms with Crippen molar-refractivity contribution in [2.24, 2.45) is 0 Å². The summed E-state index contributed by atoms with van der Waals surface area (Å²) in [4.78, 5) is 15.0. The van der Waals surface area contributed by atoms with Gasteiger partial charge in [-0.15, -0.1) is 0 Å². The molecule has 0 spiro atoms. The molecule has 2 aromatic carbocycles. The number of fused-ring (bicyclic) bond motifs is 1. The lowest BCUT2D eigenvalue weighted by molar-refractivity contribution is 0.342. The Morgan fingerprint density at radius 2 is 1.85 bits per heavy atom. The molecule has 0 atom stereocenters. The summed E-state index contributed by atoms with van der Waals surface area (Å²) in [5, 5.41) is 3.71. The van der Waals surface area contributed by atoms with Gasteiger partial charge in [0.1, 0.15) is 0 Å². The molecule has 1 aliphatic carbocycles.